The third-order valence-electron chi connectivity index (χ3n) is 2.87. The van der Waals surface area contributed by atoms with Gasteiger partial charge in [0.2, 0.25) is 0 Å². The molecule has 0 amide bonds. The third-order valence-corrected chi connectivity index (χ3v) is 2.87. The summed E-state index contributed by atoms with van der Waals surface area (Å²) in [6.45, 7) is 12.7. The second-order valence-corrected chi connectivity index (χ2v) is 5.07. The molecule has 1 heteroatoms. The fourth-order valence-corrected chi connectivity index (χ4v) is 1.81. The quantitative estimate of drug-likeness (QED) is 0.739. The van der Waals surface area contributed by atoms with E-state index in [1.165, 1.54) is 11.1 Å². The molecule has 1 nitrogen and oxygen atoms in total. The first-order valence-corrected chi connectivity index (χ1v) is 5.77. The molecule has 0 aliphatic carbocycles. The summed E-state index contributed by atoms with van der Waals surface area (Å²) in [5, 5.41) is 0. The zero-order chi connectivity index (χ0) is 12.3. The zero-order valence-corrected chi connectivity index (χ0v) is 11.1. The number of rotatable bonds is 3. The van der Waals surface area contributed by atoms with Crippen LogP contribution in [0.15, 0.2) is 18.7 Å². The van der Waals surface area contributed by atoms with Gasteiger partial charge in [-0.15, -0.1) is 0 Å². The molecule has 1 aromatic carbocycles. The fraction of sp³-hybridized carbons (Fsp3) is 0.467. The SMILES string of the molecule is C=Cc1cc(C(C)(C)C)cc(CC)c1OC. The van der Waals surface area contributed by atoms with E-state index in [-0.39, 0.29) is 5.41 Å². The van der Waals surface area contributed by atoms with Crippen molar-refractivity contribution in [3.05, 3.63) is 35.4 Å². The molecule has 0 N–H and O–H groups in total. The summed E-state index contributed by atoms with van der Waals surface area (Å²) in [6, 6.07) is 4.41. The molecular weight excluding hydrogens is 196 g/mol. The van der Waals surface area contributed by atoms with Crippen LogP contribution in [-0.4, -0.2) is 7.11 Å². The van der Waals surface area contributed by atoms with Crippen LogP contribution >= 0.6 is 0 Å². The molecule has 16 heavy (non-hydrogen) atoms. The van der Waals surface area contributed by atoms with Gasteiger partial charge in [0.05, 0.1) is 7.11 Å². The standard InChI is InChI=1S/C15H22O/c1-7-11-9-13(15(3,4)5)10-12(8-2)14(11)16-6/h7,9-10H,1,8H2,2-6H3. The molecular formula is C15H22O. The smallest absolute Gasteiger partial charge is 0.129 e. The molecule has 0 bridgehead atoms. The van der Waals surface area contributed by atoms with E-state index in [1.807, 2.05) is 6.08 Å². The molecule has 0 saturated carbocycles. The summed E-state index contributed by atoms with van der Waals surface area (Å²) >= 11 is 0. The first-order chi connectivity index (χ1) is 7.43. The Bertz CT molecular complexity index is 383. The highest BCUT2D eigenvalue weighted by Gasteiger charge is 2.17. The van der Waals surface area contributed by atoms with Gasteiger partial charge >= 0.3 is 0 Å². The summed E-state index contributed by atoms with van der Waals surface area (Å²) in [4.78, 5) is 0. The lowest BCUT2D eigenvalue weighted by molar-refractivity contribution is 0.408. The highest BCUT2D eigenvalue weighted by molar-refractivity contribution is 5.61. The van der Waals surface area contributed by atoms with E-state index >= 15 is 0 Å². The van der Waals surface area contributed by atoms with Gasteiger partial charge < -0.3 is 4.74 Å². The van der Waals surface area contributed by atoms with Crippen molar-refractivity contribution >= 4 is 6.08 Å². The van der Waals surface area contributed by atoms with Crippen molar-refractivity contribution in [2.75, 3.05) is 7.11 Å². The van der Waals surface area contributed by atoms with Crippen LogP contribution in [0.25, 0.3) is 6.08 Å². The maximum atomic E-state index is 5.45. The largest absolute Gasteiger partial charge is 0.496 e. The van der Waals surface area contributed by atoms with Gasteiger partial charge in [0.25, 0.3) is 0 Å². The minimum Gasteiger partial charge on any atom is -0.496 e. The lowest BCUT2D eigenvalue weighted by Gasteiger charge is -2.22. The van der Waals surface area contributed by atoms with Crippen LogP contribution in [0, 0.1) is 0 Å². The van der Waals surface area contributed by atoms with Crippen LogP contribution in [0.2, 0.25) is 0 Å². The van der Waals surface area contributed by atoms with Crippen molar-refractivity contribution in [3.8, 4) is 5.75 Å². The first-order valence-electron chi connectivity index (χ1n) is 5.77. The molecule has 0 spiro atoms. The molecule has 0 fully saturated rings. The van der Waals surface area contributed by atoms with Crippen LogP contribution < -0.4 is 4.74 Å². The van der Waals surface area contributed by atoms with Crippen LogP contribution in [0.3, 0.4) is 0 Å². The van der Waals surface area contributed by atoms with E-state index in [9.17, 15) is 0 Å². The number of hydrogen-bond donors (Lipinski definition) is 0. The predicted molar refractivity (Wildman–Crippen MR) is 71.2 cm³/mol. The van der Waals surface area contributed by atoms with Gasteiger partial charge in [-0.1, -0.05) is 46.4 Å². The van der Waals surface area contributed by atoms with E-state index in [1.54, 1.807) is 7.11 Å². The summed E-state index contributed by atoms with van der Waals surface area (Å²) in [5.74, 6) is 0.963. The van der Waals surface area contributed by atoms with E-state index in [2.05, 4.69) is 46.4 Å². The van der Waals surface area contributed by atoms with Crippen LogP contribution in [0.5, 0.6) is 5.75 Å². The molecule has 1 aromatic rings. The Hall–Kier alpha value is -1.24. The second-order valence-electron chi connectivity index (χ2n) is 5.07. The first kappa shape index (κ1) is 12.8. The van der Waals surface area contributed by atoms with Gasteiger partial charge in [0, 0.05) is 5.56 Å². The van der Waals surface area contributed by atoms with Gasteiger partial charge in [-0.3, -0.25) is 0 Å². The molecule has 0 aliphatic rings. The molecule has 0 aliphatic heterocycles. The lowest BCUT2D eigenvalue weighted by atomic mass is 9.84. The normalized spacial score (nSPS) is 11.3. The number of methoxy groups -OCH3 is 1. The fourth-order valence-electron chi connectivity index (χ4n) is 1.81. The van der Waals surface area contributed by atoms with Crippen LogP contribution in [-0.2, 0) is 11.8 Å². The minimum atomic E-state index is 0.161. The summed E-state index contributed by atoms with van der Waals surface area (Å²) in [6.07, 6.45) is 2.85. The molecule has 0 heterocycles. The van der Waals surface area contributed by atoms with E-state index in [0.29, 0.717) is 0 Å². The van der Waals surface area contributed by atoms with Gasteiger partial charge in [-0.25, -0.2) is 0 Å². The predicted octanol–water partition coefficient (Wildman–Crippen LogP) is 4.20. The molecule has 0 saturated heterocycles. The maximum Gasteiger partial charge on any atom is 0.129 e. The molecule has 1 rings (SSSR count). The minimum absolute atomic E-state index is 0.161. The third kappa shape index (κ3) is 2.46. The van der Waals surface area contributed by atoms with Gasteiger partial charge in [0.1, 0.15) is 5.75 Å². The second kappa shape index (κ2) is 4.73. The average molecular weight is 218 g/mol. The Morgan fingerprint density at radius 3 is 2.31 bits per heavy atom. The monoisotopic (exact) mass is 218 g/mol. The van der Waals surface area contributed by atoms with Crippen LogP contribution in [0.4, 0.5) is 0 Å². The van der Waals surface area contributed by atoms with E-state index in [4.69, 9.17) is 4.74 Å². The number of hydrogen-bond acceptors (Lipinski definition) is 1. The van der Waals surface area contributed by atoms with Gasteiger partial charge in [-0.2, -0.15) is 0 Å². The molecule has 0 unspecified atom stereocenters. The number of ether oxygens (including phenoxy) is 1. The Labute approximate surface area is 99.1 Å². The van der Waals surface area contributed by atoms with Crippen molar-refractivity contribution in [2.24, 2.45) is 0 Å². The Kier molecular flexibility index (Phi) is 3.79. The van der Waals surface area contributed by atoms with E-state index in [0.717, 1.165) is 17.7 Å². The van der Waals surface area contributed by atoms with Crippen molar-refractivity contribution in [3.63, 3.8) is 0 Å². The molecule has 0 radical (unpaired) electrons. The van der Waals surface area contributed by atoms with Crippen molar-refractivity contribution in [1.82, 2.24) is 0 Å². The van der Waals surface area contributed by atoms with E-state index < -0.39 is 0 Å². The Morgan fingerprint density at radius 1 is 1.31 bits per heavy atom. The number of aryl methyl sites for hydroxylation is 1. The highest BCUT2D eigenvalue weighted by atomic mass is 16.5. The van der Waals surface area contributed by atoms with Crippen molar-refractivity contribution < 1.29 is 4.74 Å². The Balaban J connectivity index is 3.43. The summed E-state index contributed by atoms with van der Waals surface area (Å²) < 4.78 is 5.45. The highest BCUT2D eigenvalue weighted by Crippen LogP contribution is 2.32. The topological polar surface area (TPSA) is 9.23 Å². The van der Waals surface area contributed by atoms with Crippen molar-refractivity contribution in [2.45, 2.75) is 39.5 Å². The van der Waals surface area contributed by atoms with Gasteiger partial charge in [0.15, 0.2) is 0 Å². The van der Waals surface area contributed by atoms with Crippen molar-refractivity contribution in [1.29, 1.82) is 0 Å². The summed E-state index contributed by atoms with van der Waals surface area (Å²) in [7, 11) is 1.72. The zero-order valence-electron chi connectivity index (χ0n) is 11.1. The average Bonchev–Trinajstić information content (AvgIpc) is 2.25. The van der Waals surface area contributed by atoms with Crippen LogP contribution in [0.1, 0.15) is 44.4 Å². The molecule has 88 valence electrons. The molecule has 0 aromatic heterocycles. The lowest BCUT2D eigenvalue weighted by Crippen LogP contribution is -2.12. The van der Waals surface area contributed by atoms with Gasteiger partial charge in [-0.05, 0) is 29.0 Å². The number of benzene rings is 1. The Morgan fingerprint density at radius 2 is 1.94 bits per heavy atom. The maximum absolute atomic E-state index is 5.45. The summed E-state index contributed by atoms with van der Waals surface area (Å²) in [5.41, 5.74) is 3.84. The molecule has 0 atom stereocenters.